The first-order chi connectivity index (χ1) is 28.1. The van der Waals surface area contributed by atoms with Crippen LogP contribution in [0.2, 0.25) is 0 Å². The van der Waals surface area contributed by atoms with Crippen LogP contribution in [0, 0.1) is 0 Å². The van der Waals surface area contributed by atoms with E-state index in [1.54, 1.807) is 12.4 Å². The minimum absolute atomic E-state index is 0.213. The van der Waals surface area contributed by atoms with Crippen LogP contribution in [0.5, 0.6) is 0 Å². The van der Waals surface area contributed by atoms with E-state index in [-0.39, 0.29) is 24.3 Å². The Labute approximate surface area is 338 Å². The van der Waals surface area contributed by atoms with Crippen LogP contribution in [0.1, 0.15) is 115 Å². The molecule has 1 saturated heterocycles. The van der Waals surface area contributed by atoms with Crippen molar-refractivity contribution < 1.29 is 19.1 Å². The third kappa shape index (κ3) is 11.9. The second-order valence-electron chi connectivity index (χ2n) is 15.7. The van der Waals surface area contributed by atoms with Crippen molar-refractivity contribution in [2.45, 2.75) is 141 Å². The Morgan fingerprint density at radius 3 is 1.56 bits per heavy atom. The van der Waals surface area contributed by atoms with Crippen LogP contribution in [0.3, 0.4) is 0 Å². The quantitative estimate of drug-likeness (QED) is 0.0342. The predicted molar refractivity (Wildman–Crippen MR) is 230 cm³/mol. The number of pyridine rings is 1. The summed E-state index contributed by atoms with van der Waals surface area (Å²) in [6, 6.07) is 19.2. The molecule has 0 bridgehead atoms. The van der Waals surface area contributed by atoms with E-state index < -0.39 is 12.1 Å². The molecule has 5 aromatic rings. The molecule has 57 heavy (non-hydrogen) atoms. The SMILES string of the molecule is CCCCCCCCOC(=O)[C@H](Cc1c[nH]c2ccccc12)N[C@@H]1CC[C@@H](N[C@@H](Cc2c[nH]c3ccccc23)C(=O)OCCCCCCCC)N1c1ccncc1. The normalized spacial score (nSPS) is 16.6. The van der Waals surface area contributed by atoms with Gasteiger partial charge in [0.15, 0.2) is 0 Å². The molecule has 0 saturated carbocycles. The number of unbranched alkanes of at least 4 members (excludes halogenated alkanes) is 10. The molecular formula is C47H64N6O4. The molecule has 4 N–H and O–H groups in total. The standard InChI is InChI=1S/C47H64N6O4/c1-3-5-7-9-11-17-29-56-46(54)42(31-35-33-49-40-21-15-13-19-38(35)40)51-44-23-24-45(53(44)37-25-27-48-28-26-37)52-43(47(55)57-30-18-12-10-8-6-4-2)32-36-34-50-41-22-16-14-20-39(36)41/h13-16,19-22,25-28,33-34,42-45,49-52H,3-12,17-18,23-24,29-32H2,1-2H3/t42-,43-,44-,45-/m0/s1. The number of esters is 2. The molecule has 1 aliphatic rings. The molecular weight excluding hydrogens is 713 g/mol. The van der Waals surface area contributed by atoms with Gasteiger partial charge in [-0.15, -0.1) is 0 Å². The number of ether oxygens (including phenoxy) is 2. The topological polar surface area (TPSA) is 124 Å². The molecule has 0 amide bonds. The Kier molecular flexibility index (Phi) is 16.4. The van der Waals surface area contributed by atoms with E-state index in [4.69, 9.17) is 9.47 Å². The van der Waals surface area contributed by atoms with Crippen LogP contribution in [-0.2, 0) is 31.9 Å². The van der Waals surface area contributed by atoms with E-state index in [2.05, 4.69) is 68.6 Å². The lowest BCUT2D eigenvalue weighted by atomic mass is 10.0. The number of carbonyl (C=O) groups excluding carboxylic acids is 2. The average molecular weight is 777 g/mol. The molecule has 1 fully saturated rings. The van der Waals surface area contributed by atoms with E-state index >= 15 is 0 Å². The van der Waals surface area contributed by atoms with Gasteiger partial charge in [0.1, 0.15) is 12.1 Å². The Morgan fingerprint density at radius 1 is 0.649 bits per heavy atom. The number of hydrogen-bond acceptors (Lipinski definition) is 8. The van der Waals surface area contributed by atoms with E-state index in [0.29, 0.717) is 26.1 Å². The van der Waals surface area contributed by atoms with Gasteiger partial charge >= 0.3 is 11.9 Å². The number of fused-ring (bicyclic) bond motifs is 2. The number of aromatic amines is 2. The number of benzene rings is 2. The first-order valence-corrected chi connectivity index (χ1v) is 21.7. The van der Waals surface area contributed by atoms with Gasteiger partial charge in [-0.3, -0.25) is 25.2 Å². The zero-order valence-electron chi connectivity index (χ0n) is 34.1. The summed E-state index contributed by atoms with van der Waals surface area (Å²) < 4.78 is 12.0. The molecule has 4 heterocycles. The third-order valence-electron chi connectivity index (χ3n) is 11.4. The lowest BCUT2D eigenvalue weighted by Gasteiger charge is -2.36. The number of anilines is 1. The van der Waals surface area contributed by atoms with Gasteiger partial charge in [-0.1, -0.05) is 114 Å². The second-order valence-corrected chi connectivity index (χ2v) is 15.7. The van der Waals surface area contributed by atoms with Gasteiger partial charge < -0.3 is 24.3 Å². The Morgan fingerprint density at radius 2 is 1.09 bits per heavy atom. The molecule has 4 atom stereocenters. The van der Waals surface area contributed by atoms with Crippen molar-refractivity contribution >= 4 is 39.4 Å². The van der Waals surface area contributed by atoms with Gasteiger partial charge in [0.05, 0.1) is 25.5 Å². The summed E-state index contributed by atoms with van der Waals surface area (Å²) in [7, 11) is 0. The lowest BCUT2D eigenvalue weighted by molar-refractivity contribution is -0.147. The van der Waals surface area contributed by atoms with Crippen molar-refractivity contribution in [1.29, 1.82) is 0 Å². The van der Waals surface area contributed by atoms with Crippen molar-refractivity contribution in [3.8, 4) is 0 Å². The van der Waals surface area contributed by atoms with Crippen LogP contribution in [0.15, 0.2) is 85.5 Å². The lowest BCUT2D eigenvalue weighted by Crippen LogP contribution is -2.57. The summed E-state index contributed by atoms with van der Waals surface area (Å²) in [4.78, 5) is 41.3. The van der Waals surface area contributed by atoms with Crippen molar-refractivity contribution in [3.63, 3.8) is 0 Å². The summed E-state index contributed by atoms with van der Waals surface area (Å²) in [6.07, 6.45) is 23.1. The van der Waals surface area contributed by atoms with Crippen LogP contribution in [-0.4, -0.2) is 64.5 Å². The van der Waals surface area contributed by atoms with Crippen molar-refractivity contribution in [3.05, 3.63) is 96.6 Å². The minimum atomic E-state index is -0.582. The fourth-order valence-electron chi connectivity index (χ4n) is 8.25. The van der Waals surface area contributed by atoms with Gasteiger partial charge in [-0.05, 0) is 61.1 Å². The summed E-state index contributed by atoms with van der Waals surface area (Å²) in [5.41, 5.74) is 5.17. The number of hydrogen-bond donors (Lipinski definition) is 4. The number of rotatable bonds is 25. The Hall–Kier alpha value is -4.67. The van der Waals surface area contributed by atoms with Crippen LogP contribution in [0.4, 0.5) is 5.69 Å². The highest BCUT2D eigenvalue weighted by Gasteiger charge is 2.39. The van der Waals surface area contributed by atoms with Crippen molar-refractivity contribution in [2.75, 3.05) is 18.1 Å². The molecule has 10 heteroatoms. The molecule has 0 unspecified atom stereocenters. The zero-order valence-corrected chi connectivity index (χ0v) is 34.1. The zero-order chi connectivity index (χ0) is 39.7. The van der Waals surface area contributed by atoms with Crippen LogP contribution < -0.4 is 15.5 Å². The molecule has 306 valence electrons. The highest BCUT2D eigenvalue weighted by atomic mass is 16.5. The predicted octanol–water partition coefficient (Wildman–Crippen LogP) is 9.51. The number of para-hydroxylation sites is 2. The summed E-state index contributed by atoms with van der Waals surface area (Å²) >= 11 is 0. The maximum Gasteiger partial charge on any atom is 0.323 e. The summed E-state index contributed by atoms with van der Waals surface area (Å²) in [5.74, 6) is -0.481. The number of nitrogens with one attached hydrogen (secondary N) is 4. The molecule has 1 aliphatic heterocycles. The maximum absolute atomic E-state index is 14.0. The van der Waals surface area contributed by atoms with Gasteiger partial charge in [-0.2, -0.15) is 0 Å². The summed E-state index contributed by atoms with van der Waals surface area (Å²) in [6.45, 7) is 5.26. The molecule has 0 radical (unpaired) electrons. The molecule has 0 spiro atoms. The second kappa shape index (κ2) is 22.3. The average Bonchev–Trinajstić information content (AvgIpc) is 3.97. The first-order valence-electron chi connectivity index (χ1n) is 21.7. The van der Waals surface area contributed by atoms with Gasteiger partial charge in [-0.25, -0.2) is 0 Å². The number of H-pyrrole nitrogens is 2. The monoisotopic (exact) mass is 776 g/mol. The molecule has 10 nitrogen and oxygen atoms in total. The molecule has 3 aromatic heterocycles. The van der Waals surface area contributed by atoms with E-state index in [1.165, 1.54) is 38.5 Å². The number of nitrogens with zero attached hydrogens (tertiary/aromatic N) is 2. The Balaban J connectivity index is 1.20. The highest BCUT2D eigenvalue weighted by molar-refractivity contribution is 5.85. The van der Waals surface area contributed by atoms with E-state index in [1.807, 2.05) is 48.8 Å². The molecule has 2 aromatic carbocycles. The minimum Gasteiger partial charge on any atom is -0.465 e. The van der Waals surface area contributed by atoms with Gasteiger partial charge in [0.25, 0.3) is 0 Å². The third-order valence-corrected chi connectivity index (χ3v) is 11.4. The van der Waals surface area contributed by atoms with Gasteiger partial charge in [0, 0.05) is 65.1 Å². The highest BCUT2D eigenvalue weighted by Crippen LogP contribution is 2.30. The van der Waals surface area contributed by atoms with Gasteiger partial charge in [0.2, 0.25) is 0 Å². The molecule has 6 rings (SSSR count). The van der Waals surface area contributed by atoms with Crippen molar-refractivity contribution in [2.24, 2.45) is 0 Å². The van der Waals surface area contributed by atoms with Crippen LogP contribution >= 0.6 is 0 Å². The largest absolute Gasteiger partial charge is 0.465 e. The Bertz CT molecular complexity index is 1820. The molecule has 0 aliphatic carbocycles. The van der Waals surface area contributed by atoms with E-state index in [0.717, 1.165) is 90.0 Å². The number of carbonyl (C=O) groups is 2. The maximum atomic E-state index is 14.0. The fraction of sp³-hybridized carbons (Fsp3) is 0.511. The first kappa shape index (κ1) is 41.9. The number of aromatic nitrogens is 3. The summed E-state index contributed by atoms with van der Waals surface area (Å²) in [5, 5.41) is 9.72. The smallest absolute Gasteiger partial charge is 0.323 e. The van der Waals surface area contributed by atoms with E-state index in [9.17, 15) is 9.59 Å². The fourth-order valence-corrected chi connectivity index (χ4v) is 8.25. The van der Waals surface area contributed by atoms with Crippen LogP contribution in [0.25, 0.3) is 21.8 Å². The van der Waals surface area contributed by atoms with Crippen molar-refractivity contribution in [1.82, 2.24) is 25.6 Å².